The molecule has 6 heteroatoms. The number of aromatic nitrogens is 5. The molecule has 0 amide bonds. The van der Waals surface area contributed by atoms with Gasteiger partial charge in [-0.15, -0.1) is 0 Å². The van der Waals surface area contributed by atoms with Gasteiger partial charge in [0.05, 0.1) is 22.8 Å². The Hall–Kier alpha value is -9.13. The lowest BCUT2D eigenvalue weighted by Gasteiger charge is -2.18. The number of hydrogen-bond acceptors (Lipinski definition) is 4. The van der Waals surface area contributed by atoms with Gasteiger partial charge in [0.15, 0.2) is 23.1 Å². The van der Waals surface area contributed by atoms with Crippen molar-refractivity contribution in [3.63, 3.8) is 0 Å². The van der Waals surface area contributed by atoms with E-state index in [0.717, 1.165) is 72.9 Å². The summed E-state index contributed by atoms with van der Waals surface area (Å²) in [6.07, 6.45) is 9.88. The standard InChI is InChI=1S/C63H41N5O/c1-4-17-40(18-5-1)61-64-62(41-19-6-2-7-20-41)66-63(65-61)45-22-14-21-44(37-45)47-27-15-28-50-51-29-16-32-58(60(51)69-59(47)50)68-55-31-13-11-26-49(55)53-39-43(34-36-57(53)68)42-33-35-56-52(38-42)48-25-10-12-30-54(48)67(56)46-23-8-3-9-24-46/h1-23,25-39,46H,24H2. The second-order valence-electron chi connectivity index (χ2n) is 17.9. The molecule has 1 aliphatic carbocycles. The zero-order chi connectivity index (χ0) is 45.4. The number of nitrogens with zero attached hydrogens (tertiary/aromatic N) is 5. The summed E-state index contributed by atoms with van der Waals surface area (Å²) in [4.78, 5) is 15.0. The van der Waals surface area contributed by atoms with Crippen LogP contribution < -0.4 is 0 Å². The highest BCUT2D eigenvalue weighted by atomic mass is 16.3. The van der Waals surface area contributed by atoms with Crippen LogP contribution in [0.4, 0.5) is 0 Å². The maximum atomic E-state index is 7.13. The van der Waals surface area contributed by atoms with Gasteiger partial charge in [0.1, 0.15) is 5.58 Å². The van der Waals surface area contributed by atoms with Gasteiger partial charge in [-0.1, -0.05) is 182 Å². The highest BCUT2D eigenvalue weighted by Crippen LogP contribution is 2.43. The van der Waals surface area contributed by atoms with E-state index in [1.807, 2.05) is 60.7 Å². The molecule has 13 aromatic rings. The lowest BCUT2D eigenvalue weighted by molar-refractivity contribution is 0.648. The molecule has 0 aliphatic heterocycles. The highest BCUT2D eigenvalue weighted by Gasteiger charge is 2.22. The lowest BCUT2D eigenvalue weighted by atomic mass is 10.00. The van der Waals surface area contributed by atoms with Crippen molar-refractivity contribution in [3.05, 3.63) is 231 Å². The van der Waals surface area contributed by atoms with E-state index in [4.69, 9.17) is 19.4 Å². The molecule has 324 valence electrons. The molecule has 14 rings (SSSR count). The highest BCUT2D eigenvalue weighted by molar-refractivity contribution is 6.15. The van der Waals surface area contributed by atoms with E-state index < -0.39 is 0 Å². The van der Waals surface area contributed by atoms with Crippen LogP contribution in [0.2, 0.25) is 0 Å². The second kappa shape index (κ2) is 15.8. The first-order valence-corrected chi connectivity index (χ1v) is 23.5. The Morgan fingerprint density at radius 3 is 1.61 bits per heavy atom. The second-order valence-corrected chi connectivity index (χ2v) is 17.9. The fourth-order valence-electron chi connectivity index (χ4n) is 10.7. The van der Waals surface area contributed by atoms with E-state index in [9.17, 15) is 0 Å². The summed E-state index contributed by atoms with van der Waals surface area (Å²) in [5.41, 5.74) is 14.6. The Bertz CT molecular complexity index is 4170. The topological polar surface area (TPSA) is 61.7 Å². The largest absolute Gasteiger partial charge is 0.453 e. The maximum absolute atomic E-state index is 7.13. The van der Waals surface area contributed by atoms with Crippen molar-refractivity contribution >= 4 is 65.6 Å². The van der Waals surface area contributed by atoms with E-state index in [1.54, 1.807) is 0 Å². The van der Waals surface area contributed by atoms with Crippen molar-refractivity contribution in [2.24, 2.45) is 0 Å². The predicted molar refractivity (Wildman–Crippen MR) is 284 cm³/mol. The normalized spacial score (nSPS) is 13.8. The molecule has 4 heterocycles. The minimum Gasteiger partial charge on any atom is -0.453 e. The summed E-state index contributed by atoms with van der Waals surface area (Å²) in [6, 6.07) is 73.3. The van der Waals surface area contributed by atoms with Crippen molar-refractivity contribution in [2.75, 3.05) is 0 Å². The van der Waals surface area contributed by atoms with Crippen LogP contribution in [-0.2, 0) is 0 Å². The van der Waals surface area contributed by atoms with Gasteiger partial charge in [0, 0.05) is 65.6 Å². The first-order chi connectivity index (χ1) is 34.2. The molecule has 4 aromatic heterocycles. The number of allylic oxidation sites excluding steroid dienone is 4. The third-order valence-corrected chi connectivity index (χ3v) is 13.9. The van der Waals surface area contributed by atoms with Gasteiger partial charge < -0.3 is 13.6 Å². The van der Waals surface area contributed by atoms with Crippen LogP contribution in [0.3, 0.4) is 0 Å². The summed E-state index contributed by atoms with van der Waals surface area (Å²) >= 11 is 0. The first kappa shape index (κ1) is 39.1. The Kier molecular flexibility index (Phi) is 8.92. The fourth-order valence-corrected chi connectivity index (χ4v) is 10.7. The van der Waals surface area contributed by atoms with Crippen LogP contribution >= 0.6 is 0 Å². The molecule has 0 spiro atoms. The van der Waals surface area contributed by atoms with Gasteiger partial charge in [-0.2, -0.15) is 0 Å². The van der Waals surface area contributed by atoms with Gasteiger partial charge in [-0.25, -0.2) is 15.0 Å². The van der Waals surface area contributed by atoms with E-state index in [1.165, 1.54) is 43.7 Å². The molecule has 1 aliphatic rings. The Morgan fingerprint density at radius 2 is 0.899 bits per heavy atom. The molecule has 0 N–H and O–H groups in total. The third kappa shape index (κ3) is 6.37. The monoisotopic (exact) mass is 883 g/mol. The van der Waals surface area contributed by atoms with Crippen molar-refractivity contribution in [3.8, 4) is 62.1 Å². The molecule has 6 nitrogen and oxygen atoms in total. The van der Waals surface area contributed by atoms with Crippen LogP contribution in [0.5, 0.6) is 0 Å². The van der Waals surface area contributed by atoms with Gasteiger partial charge in [-0.05, 0) is 71.6 Å². The summed E-state index contributed by atoms with van der Waals surface area (Å²) in [7, 11) is 0. The number of furan rings is 1. The SMILES string of the molecule is C1=CCC(n2c3ccccc3c3cc(-c4ccc5c(c4)c4ccccc4n5-c4cccc5c4oc4c(-c6cccc(-c7nc(-c8ccccc8)nc(-c8ccccc8)n7)c6)cccc45)ccc32)C=C1. The molecule has 0 fully saturated rings. The average Bonchev–Trinajstić information content (AvgIpc) is 4.09. The van der Waals surface area contributed by atoms with Crippen molar-refractivity contribution in [2.45, 2.75) is 12.5 Å². The molecule has 9 aromatic carbocycles. The molecule has 1 atom stereocenters. The third-order valence-electron chi connectivity index (χ3n) is 13.9. The van der Waals surface area contributed by atoms with E-state index in [2.05, 4.69) is 179 Å². The molecule has 0 saturated heterocycles. The number of fused-ring (bicyclic) bond motifs is 9. The predicted octanol–water partition coefficient (Wildman–Crippen LogP) is 16.4. The molecular weight excluding hydrogens is 843 g/mol. The van der Waals surface area contributed by atoms with Gasteiger partial charge >= 0.3 is 0 Å². The molecule has 69 heavy (non-hydrogen) atoms. The number of benzene rings is 9. The lowest BCUT2D eigenvalue weighted by Crippen LogP contribution is -2.06. The summed E-state index contributed by atoms with van der Waals surface area (Å²) in [6.45, 7) is 0. The first-order valence-electron chi connectivity index (χ1n) is 23.5. The summed E-state index contributed by atoms with van der Waals surface area (Å²) in [5, 5.41) is 7.06. The van der Waals surface area contributed by atoms with Crippen LogP contribution in [-0.4, -0.2) is 24.1 Å². The van der Waals surface area contributed by atoms with Crippen molar-refractivity contribution < 1.29 is 4.42 Å². The van der Waals surface area contributed by atoms with E-state index >= 15 is 0 Å². The van der Waals surface area contributed by atoms with Crippen molar-refractivity contribution in [1.29, 1.82) is 0 Å². The smallest absolute Gasteiger partial charge is 0.164 e. The minimum absolute atomic E-state index is 0.288. The number of rotatable bonds is 7. The minimum atomic E-state index is 0.288. The fraction of sp³-hybridized carbons (Fsp3) is 0.0317. The average molecular weight is 884 g/mol. The number of para-hydroxylation sites is 4. The molecule has 0 radical (unpaired) electrons. The van der Waals surface area contributed by atoms with Gasteiger partial charge in [-0.3, -0.25) is 0 Å². The quantitative estimate of drug-likeness (QED) is 0.160. The van der Waals surface area contributed by atoms with E-state index in [-0.39, 0.29) is 6.04 Å². The van der Waals surface area contributed by atoms with E-state index in [0.29, 0.717) is 17.5 Å². The molecule has 0 saturated carbocycles. The molecule has 0 bridgehead atoms. The van der Waals surface area contributed by atoms with Crippen LogP contribution in [0.15, 0.2) is 235 Å². The molecule has 1 unspecified atom stereocenters. The molecular formula is C63H41N5O. The summed E-state index contributed by atoms with van der Waals surface area (Å²) in [5.74, 6) is 1.87. The Labute approximate surface area is 397 Å². The zero-order valence-corrected chi connectivity index (χ0v) is 37.4. The van der Waals surface area contributed by atoms with Crippen LogP contribution in [0.25, 0.3) is 128 Å². The Balaban J connectivity index is 0.887. The van der Waals surface area contributed by atoms with Crippen LogP contribution in [0, 0.1) is 0 Å². The maximum Gasteiger partial charge on any atom is 0.164 e. The Morgan fingerprint density at radius 1 is 0.377 bits per heavy atom. The van der Waals surface area contributed by atoms with Gasteiger partial charge in [0.25, 0.3) is 0 Å². The van der Waals surface area contributed by atoms with Crippen LogP contribution in [0.1, 0.15) is 12.5 Å². The van der Waals surface area contributed by atoms with Gasteiger partial charge in [0.2, 0.25) is 0 Å². The summed E-state index contributed by atoms with van der Waals surface area (Å²) < 4.78 is 12.0. The van der Waals surface area contributed by atoms with Crippen molar-refractivity contribution in [1.82, 2.24) is 24.1 Å². The zero-order valence-electron chi connectivity index (χ0n) is 37.4. The number of hydrogen-bond donors (Lipinski definition) is 0.